The smallest absolute Gasteiger partial charge is 0.134 e. The summed E-state index contributed by atoms with van der Waals surface area (Å²) in [5.41, 5.74) is 0. The highest BCUT2D eigenvalue weighted by atomic mass is 16.5. The number of anilines is 2. The molecule has 0 unspecified atom stereocenters. The molecule has 0 amide bonds. The van der Waals surface area contributed by atoms with Gasteiger partial charge in [0.2, 0.25) is 0 Å². The number of morpholine rings is 1. The second-order valence-corrected chi connectivity index (χ2v) is 3.98. The van der Waals surface area contributed by atoms with Crippen LogP contribution in [0.5, 0.6) is 0 Å². The summed E-state index contributed by atoms with van der Waals surface area (Å²) < 4.78 is 5.31. The molecule has 2 rings (SSSR count). The zero-order chi connectivity index (χ0) is 12.1. The van der Waals surface area contributed by atoms with Gasteiger partial charge in [0.25, 0.3) is 0 Å². The van der Waals surface area contributed by atoms with Crippen LogP contribution in [0.15, 0.2) is 12.4 Å². The maximum atomic E-state index is 8.90. The molecule has 0 atom stereocenters. The first-order chi connectivity index (χ1) is 8.31. The predicted molar refractivity (Wildman–Crippen MR) is 65.4 cm³/mol. The van der Waals surface area contributed by atoms with Crippen LogP contribution in [-0.4, -0.2) is 61.6 Å². The van der Waals surface area contributed by atoms with Gasteiger partial charge in [0.1, 0.15) is 18.0 Å². The van der Waals surface area contributed by atoms with Crippen LogP contribution in [0.1, 0.15) is 0 Å². The second-order valence-electron chi connectivity index (χ2n) is 3.98. The maximum absolute atomic E-state index is 8.90. The lowest BCUT2D eigenvalue weighted by atomic mass is 10.4. The molecule has 6 heteroatoms. The van der Waals surface area contributed by atoms with Gasteiger partial charge in [0.05, 0.1) is 19.8 Å². The molecular weight excluding hydrogens is 220 g/mol. The molecule has 0 radical (unpaired) electrons. The van der Waals surface area contributed by atoms with Crippen molar-refractivity contribution in [3.8, 4) is 0 Å². The van der Waals surface area contributed by atoms with Gasteiger partial charge < -0.3 is 19.6 Å². The number of ether oxygens (including phenoxy) is 1. The SMILES string of the molecule is CN(CCO)c1cc(N2CCOCC2)ncn1. The average molecular weight is 238 g/mol. The Labute approximate surface area is 101 Å². The van der Waals surface area contributed by atoms with Crippen LogP contribution in [0.4, 0.5) is 11.6 Å². The highest BCUT2D eigenvalue weighted by Gasteiger charge is 2.13. The molecule has 6 nitrogen and oxygen atoms in total. The molecular formula is C11H18N4O2. The van der Waals surface area contributed by atoms with Gasteiger partial charge in [-0.05, 0) is 0 Å². The van der Waals surface area contributed by atoms with Gasteiger partial charge in [-0.15, -0.1) is 0 Å². The van der Waals surface area contributed by atoms with Crippen molar-refractivity contribution in [3.63, 3.8) is 0 Å². The molecule has 2 heterocycles. The minimum absolute atomic E-state index is 0.118. The first kappa shape index (κ1) is 12.1. The number of hydrogen-bond donors (Lipinski definition) is 1. The van der Waals surface area contributed by atoms with Crippen molar-refractivity contribution in [1.29, 1.82) is 0 Å². The lowest BCUT2D eigenvalue weighted by Crippen LogP contribution is -2.37. The van der Waals surface area contributed by atoms with E-state index in [0.717, 1.165) is 37.9 Å². The predicted octanol–water partition coefficient (Wildman–Crippen LogP) is -0.258. The van der Waals surface area contributed by atoms with E-state index in [-0.39, 0.29) is 6.61 Å². The molecule has 0 saturated carbocycles. The van der Waals surface area contributed by atoms with Crippen LogP contribution < -0.4 is 9.80 Å². The standard InChI is InChI=1S/C11H18N4O2/c1-14(2-5-16)10-8-11(13-9-12-10)15-3-6-17-7-4-15/h8-9,16H,2-7H2,1H3. The summed E-state index contributed by atoms with van der Waals surface area (Å²) in [6.45, 7) is 3.89. The quantitative estimate of drug-likeness (QED) is 0.780. The van der Waals surface area contributed by atoms with Crippen LogP contribution in [-0.2, 0) is 4.74 Å². The molecule has 17 heavy (non-hydrogen) atoms. The number of aliphatic hydroxyl groups excluding tert-OH is 1. The summed E-state index contributed by atoms with van der Waals surface area (Å²) in [4.78, 5) is 12.6. The van der Waals surface area contributed by atoms with Crippen molar-refractivity contribution < 1.29 is 9.84 Å². The van der Waals surface area contributed by atoms with E-state index in [4.69, 9.17) is 9.84 Å². The molecule has 0 spiro atoms. The molecule has 1 N–H and O–H groups in total. The van der Waals surface area contributed by atoms with Gasteiger partial charge >= 0.3 is 0 Å². The van der Waals surface area contributed by atoms with E-state index < -0.39 is 0 Å². The summed E-state index contributed by atoms with van der Waals surface area (Å²) in [7, 11) is 1.90. The Hall–Kier alpha value is -1.40. The zero-order valence-electron chi connectivity index (χ0n) is 10.0. The summed E-state index contributed by atoms with van der Waals surface area (Å²) in [6.07, 6.45) is 1.56. The average Bonchev–Trinajstić information content (AvgIpc) is 2.40. The highest BCUT2D eigenvalue weighted by molar-refractivity contribution is 5.49. The van der Waals surface area contributed by atoms with E-state index >= 15 is 0 Å². The molecule has 1 aromatic rings. The van der Waals surface area contributed by atoms with Crippen LogP contribution in [0.3, 0.4) is 0 Å². The van der Waals surface area contributed by atoms with Gasteiger partial charge in [0, 0.05) is 32.7 Å². The molecule has 1 fully saturated rings. The van der Waals surface area contributed by atoms with Crippen molar-refractivity contribution in [2.24, 2.45) is 0 Å². The molecule has 1 aliphatic rings. The van der Waals surface area contributed by atoms with Crippen molar-refractivity contribution >= 4 is 11.6 Å². The number of aliphatic hydroxyl groups is 1. The first-order valence-corrected chi connectivity index (χ1v) is 5.78. The molecule has 94 valence electrons. The van der Waals surface area contributed by atoms with Gasteiger partial charge in [-0.25, -0.2) is 9.97 Å². The summed E-state index contributed by atoms with van der Waals surface area (Å²) in [6, 6.07) is 1.95. The first-order valence-electron chi connectivity index (χ1n) is 5.78. The van der Waals surface area contributed by atoms with E-state index in [1.807, 2.05) is 18.0 Å². The molecule has 1 aliphatic heterocycles. The van der Waals surface area contributed by atoms with E-state index in [9.17, 15) is 0 Å². The third-order valence-electron chi connectivity index (χ3n) is 2.80. The number of hydrogen-bond acceptors (Lipinski definition) is 6. The summed E-state index contributed by atoms with van der Waals surface area (Å²) in [5.74, 6) is 1.75. The Morgan fingerprint density at radius 1 is 1.41 bits per heavy atom. The van der Waals surface area contributed by atoms with Crippen molar-refractivity contribution in [1.82, 2.24) is 9.97 Å². The van der Waals surface area contributed by atoms with E-state index in [2.05, 4.69) is 14.9 Å². The molecule has 1 aromatic heterocycles. The van der Waals surface area contributed by atoms with Crippen molar-refractivity contribution in [2.75, 3.05) is 56.3 Å². The lowest BCUT2D eigenvalue weighted by molar-refractivity contribution is 0.122. The van der Waals surface area contributed by atoms with E-state index in [1.54, 1.807) is 6.33 Å². The van der Waals surface area contributed by atoms with Crippen LogP contribution >= 0.6 is 0 Å². The Morgan fingerprint density at radius 3 is 2.88 bits per heavy atom. The number of rotatable bonds is 4. The Bertz CT molecular complexity index is 355. The third kappa shape index (κ3) is 3.04. The van der Waals surface area contributed by atoms with Gasteiger partial charge in [-0.1, -0.05) is 0 Å². The molecule has 0 aromatic carbocycles. The fourth-order valence-electron chi connectivity index (χ4n) is 1.78. The van der Waals surface area contributed by atoms with Gasteiger partial charge in [-0.2, -0.15) is 0 Å². The lowest BCUT2D eigenvalue weighted by Gasteiger charge is -2.28. The summed E-state index contributed by atoms with van der Waals surface area (Å²) >= 11 is 0. The number of nitrogens with zero attached hydrogens (tertiary/aromatic N) is 4. The minimum Gasteiger partial charge on any atom is -0.395 e. The second kappa shape index (κ2) is 5.79. The van der Waals surface area contributed by atoms with Crippen LogP contribution in [0.2, 0.25) is 0 Å². The van der Waals surface area contributed by atoms with Crippen molar-refractivity contribution in [3.05, 3.63) is 12.4 Å². The third-order valence-corrected chi connectivity index (χ3v) is 2.80. The normalized spacial score (nSPS) is 16.0. The summed E-state index contributed by atoms with van der Waals surface area (Å²) in [5, 5.41) is 8.90. The Morgan fingerprint density at radius 2 is 2.18 bits per heavy atom. The minimum atomic E-state index is 0.118. The molecule has 0 aliphatic carbocycles. The van der Waals surface area contributed by atoms with Gasteiger partial charge in [0.15, 0.2) is 0 Å². The highest BCUT2D eigenvalue weighted by Crippen LogP contribution is 2.17. The topological polar surface area (TPSA) is 61.7 Å². The van der Waals surface area contributed by atoms with Crippen LogP contribution in [0, 0.1) is 0 Å². The fourth-order valence-corrected chi connectivity index (χ4v) is 1.78. The Kier molecular flexibility index (Phi) is 4.11. The molecule has 0 bridgehead atoms. The van der Waals surface area contributed by atoms with Crippen LogP contribution in [0.25, 0.3) is 0 Å². The van der Waals surface area contributed by atoms with Gasteiger partial charge in [-0.3, -0.25) is 0 Å². The monoisotopic (exact) mass is 238 g/mol. The maximum Gasteiger partial charge on any atom is 0.134 e. The van der Waals surface area contributed by atoms with E-state index in [1.165, 1.54) is 0 Å². The van der Waals surface area contributed by atoms with E-state index in [0.29, 0.717) is 6.54 Å². The largest absolute Gasteiger partial charge is 0.395 e. The number of aromatic nitrogens is 2. The Balaban J connectivity index is 2.09. The fraction of sp³-hybridized carbons (Fsp3) is 0.636. The van der Waals surface area contributed by atoms with Crippen molar-refractivity contribution in [2.45, 2.75) is 0 Å². The number of likely N-dealkylation sites (N-methyl/N-ethyl adjacent to an activating group) is 1. The zero-order valence-corrected chi connectivity index (χ0v) is 10.0. The molecule has 1 saturated heterocycles.